The van der Waals surface area contributed by atoms with E-state index in [1.165, 1.54) is 64.2 Å². The highest BCUT2D eigenvalue weighted by atomic mass is 31.2. The number of rotatable bonds is 49. The Bertz CT molecular complexity index is 1480. The van der Waals surface area contributed by atoms with E-state index in [2.05, 4.69) is 123 Å². The lowest BCUT2D eigenvalue weighted by molar-refractivity contribution is -0.161. The third-order valence-corrected chi connectivity index (χ3v) is 11.9. The lowest BCUT2D eigenvalue weighted by Gasteiger charge is -2.19. The molecule has 0 heterocycles. The van der Waals surface area contributed by atoms with Gasteiger partial charge in [0.25, 0.3) is 0 Å². The van der Waals surface area contributed by atoms with Crippen molar-refractivity contribution in [2.45, 2.75) is 219 Å². The highest BCUT2D eigenvalue weighted by Gasteiger charge is 2.26. The summed E-state index contributed by atoms with van der Waals surface area (Å²) in [5.41, 5.74) is 5.36. The van der Waals surface area contributed by atoms with Crippen LogP contribution in [0.4, 0.5) is 0 Å². The van der Waals surface area contributed by atoms with Gasteiger partial charge in [-0.2, -0.15) is 0 Å². The topological polar surface area (TPSA) is 134 Å². The number of carbonyl (C=O) groups is 2. The van der Waals surface area contributed by atoms with Crippen LogP contribution in [0.3, 0.4) is 0 Å². The summed E-state index contributed by atoms with van der Waals surface area (Å²) in [6, 6.07) is 0. The Labute approximate surface area is 416 Å². The van der Waals surface area contributed by atoms with Crippen LogP contribution in [-0.2, 0) is 32.7 Å². The minimum absolute atomic E-state index is 0.0479. The van der Waals surface area contributed by atoms with Crippen molar-refractivity contribution < 1.29 is 37.6 Å². The van der Waals surface area contributed by atoms with Crippen LogP contribution in [-0.4, -0.2) is 49.3 Å². The van der Waals surface area contributed by atoms with E-state index in [9.17, 15) is 19.0 Å². The van der Waals surface area contributed by atoms with Gasteiger partial charge in [-0.05, 0) is 96.3 Å². The van der Waals surface area contributed by atoms with Gasteiger partial charge in [0.05, 0.1) is 13.2 Å². The molecule has 0 saturated heterocycles. The Morgan fingerprint density at radius 1 is 0.456 bits per heavy atom. The highest BCUT2D eigenvalue weighted by molar-refractivity contribution is 7.47. The molecule has 0 aliphatic carbocycles. The van der Waals surface area contributed by atoms with Crippen molar-refractivity contribution in [3.8, 4) is 0 Å². The summed E-state index contributed by atoms with van der Waals surface area (Å²) in [6.07, 6.45) is 71.6. The second-order valence-corrected chi connectivity index (χ2v) is 18.8. The van der Waals surface area contributed by atoms with Gasteiger partial charge in [0, 0.05) is 19.4 Å². The SMILES string of the molecule is CC/C=C\C/C=C\C/C=C\C/C=C\C/C=C\C/C=C\C/C=C\C/C=C\CCCCCCCCCCCCCCC(=O)OC(COC(=O)CCCCCCC/C=C\CCC)COP(=O)(O)OCCN. The molecule has 0 aliphatic rings. The fourth-order valence-electron chi connectivity index (χ4n) is 6.95. The summed E-state index contributed by atoms with van der Waals surface area (Å²) in [7, 11) is -4.39. The molecule has 9 nitrogen and oxygen atoms in total. The lowest BCUT2D eigenvalue weighted by Crippen LogP contribution is -2.29. The van der Waals surface area contributed by atoms with E-state index < -0.39 is 32.5 Å². The normalized spacial score (nSPS) is 14.0. The summed E-state index contributed by atoms with van der Waals surface area (Å²) in [5, 5.41) is 0. The van der Waals surface area contributed by atoms with Gasteiger partial charge in [0.1, 0.15) is 6.61 Å². The Hall–Kier alpha value is -3.33. The molecule has 0 aromatic heterocycles. The standard InChI is InChI=1S/C58H98NO8P/c1-3-5-7-9-11-13-15-16-17-18-19-20-21-22-23-24-25-26-27-28-29-30-31-32-33-34-35-36-37-38-39-40-41-43-45-47-49-51-58(61)67-56(55-66-68(62,63)65-53-52-59)54-64-57(60)50-48-46-44-42-14-12-10-8-6-4-2/h5,7-8,10-11,13,16-17,19-20,22-23,25-26,28-29,31-32,56H,3-4,6,9,12,14-15,18,21,24,27,30,33-55,59H2,1-2H3,(H,62,63)/b7-5-,10-8-,13-11-,17-16-,20-19-,23-22-,26-25-,29-28-,32-31-. The molecule has 0 aromatic rings. The molecule has 2 unspecified atom stereocenters. The fourth-order valence-corrected chi connectivity index (χ4v) is 7.71. The van der Waals surface area contributed by atoms with Gasteiger partial charge in [-0.3, -0.25) is 18.6 Å². The van der Waals surface area contributed by atoms with Crippen LogP contribution in [0, 0.1) is 0 Å². The third-order valence-electron chi connectivity index (χ3n) is 10.9. The molecule has 0 amide bonds. The van der Waals surface area contributed by atoms with Crippen molar-refractivity contribution in [2.75, 3.05) is 26.4 Å². The second kappa shape index (κ2) is 53.0. The Kier molecular flexibility index (Phi) is 50.4. The molecule has 0 radical (unpaired) electrons. The molecule has 0 saturated carbocycles. The molecule has 0 fully saturated rings. The van der Waals surface area contributed by atoms with Crippen molar-refractivity contribution in [3.63, 3.8) is 0 Å². The second-order valence-electron chi connectivity index (χ2n) is 17.4. The first-order valence-electron chi connectivity index (χ1n) is 26.9. The number of esters is 2. The van der Waals surface area contributed by atoms with Gasteiger partial charge in [-0.15, -0.1) is 0 Å². The number of carbonyl (C=O) groups excluding carboxylic acids is 2. The summed E-state index contributed by atoms with van der Waals surface area (Å²) in [6.45, 7) is 3.53. The number of ether oxygens (including phenoxy) is 2. The van der Waals surface area contributed by atoms with E-state index in [-0.39, 0.29) is 32.6 Å². The smallest absolute Gasteiger partial charge is 0.462 e. The molecular formula is C58H98NO8P. The van der Waals surface area contributed by atoms with Crippen LogP contribution < -0.4 is 5.73 Å². The van der Waals surface area contributed by atoms with E-state index in [4.69, 9.17) is 24.3 Å². The van der Waals surface area contributed by atoms with Gasteiger partial charge in [0.2, 0.25) is 0 Å². The first-order chi connectivity index (χ1) is 33.3. The van der Waals surface area contributed by atoms with Crippen molar-refractivity contribution in [2.24, 2.45) is 5.73 Å². The summed E-state index contributed by atoms with van der Waals surface area (Å²) < 4.78 is 32.8. The van der Waals surface area contributed by atoms with E-state index in [1.54, 1.807) is 0 Å². The van der Waals surface area contributed by atoms with Crippen LogP contribution >= 0.6 is 7.82 Å². The Morgan fingerprint density at radius 3 is 1.22 bits per heavy atom. The zero-order chi connectivity index (χ0) is 49.5. The van der Waals surface area contributed by atoms with Gasteiger partial charge >= 0.3 is 19.8 Å². The van der Waals surface area contributed by atoms with Crippen molar-refractivity contribution in [1.82, 2.24) is 0 Å². The molecule has 0 aromatic carbocycles. The molecule has 0 aliphatic heterocycles. The molecule has 2 atom stereocenters. The molecule has 3 N–H and O–H groups in total. The zero-order valence-corrected chi connectivity index (χ0v) is 43.9. The van der Waals surface area contributed by atoms with E-state index >= 15 is 0 Å². The van der Waals surface area contributed by atoms with Crippen LogP contribution in [0.1, 0.15) is 213 Å². The molecule has 388 valence electrons. The van der Waals surface area contributed by atoms with Crippen LogP contribution in [0.15, 0.2) is 109 Å². The van der Waals surface area contributed by atoms with Crippen molar-refractivity contribution in [3.05, 3.63) is 109 Å². The molecule has 68 heavy (non-hydrogen) atoms. The quantitative estimate of drug-likeness (QED) is 0.0264. The van der Waals surface area contributed by atoms with Gasteiger partial charge < -0.3 is 20.1 Å². The number of nitrogens with two attached hydrogens (primary N) is 1. The molecular weight excluding hydrogens is 870 g/mol. The zero-order valence-electron chi connectivity index (χ0n) is 43.0. The minimum atomic E-state index is -4.39. The van der Waals surface area contributed by atoms with Crippen LogP contribution in [0.25, 0.3) is 0 Å². The number of hydrogen-bond donors (Lipinski definition) is 2. The van der Waals surface area contributed by atoms with E-state index in [1.807, 2.05) is 0 Å². The number of hydrogen-bond acceptors (Lipinski definition) is 8. The average molecular weight is 968 g/mol. The maximum absolute atomic E-state index is 12.6. The molecule has 0 spiro atoms. The predicted octanol–water partition coefficient (Wildman–Crippen LogP) is 16.7. The van der Waals surface area contributed by atoms with Gasteiger partial charge in [-0.1, -0.05) is 213 Å². The number of phosphoric acid groups is 1. The molecule has 0 rings (SSSR count). The Morgan fingerprint density at radius 2 is 0.809 bits per heavy atom. The average Bonchev–Trinajstić information content (AvgIpc) is 3.33. The number of unbranched alkanes of at least 4 members (excludes halogenated alkanes) is 18. The minimum Gasteiger partial charge on any atom is -0.462 e. The third kappa shape index (κ3) is 52.0. The monoisotopic (exact) mass is 968 g/mol. The summed E-state index contributed by atoms with van der Waals surface area (Å²) in [5.74, 6) is -0.849. The summed E-state index contributed by atoms with van der Waals surface area (Å²) in [4.78, 5) is 34.9. The predicted molar refractivity (Wildman–Crippen MR) is 288 cm³/mol. The number of allylic oxidation sites excluding steroid dienone is 18. The van der Waals surface area contributed by atoms with Crippen molar-refractivity contribution >= 4 is 19.8 Å². The Balaban J connectivity index is 3.91. The first kappa shape index (κ1) is 64.7. The lowest BCUT2D eigenvalue weighted by atomic mass is 10.0. The van der Waals surface area contributed by atoms with E-state index in [0.717, 1.165) is 116 Å². The van der Waals surface area contributed by atoms with Crippen molar-refractivity contribution in [1.29, 1.82) is 0 Å². The maximum Gasteiger partial charge on any atom is 0.472 e. The first-order valence-corrected chi connectivity index (χ1v) is 28.4. The van der Waals surface area contributed by atoms with Crippen LogP contribution in [0.5, 0.6) is 0 Å². The molecule has 10 heteroatoms. The highest BCUT2D eigenvalue weighted by Crippen LogP contribution is 2.43. The van der Waals surface area contributed by atoms with E-state index in [0.29, 0.717) is 6.42 Å². The fraction of sp³-hybridized carbons (Fsp3) is 0.655. The molecule has 0 bridgehead atoms. The number of phosphoric ester groups is 1. The van der Waals surface area contributed by atoms with Crippen LogP contribution in [0.2, 0.25) is 0 Å². The maximum atomic E-state index is 12.6. The van der Waals surface area contributed by atoms with Gasteiger partial charge in [-0.25, -0.2) is 4.57 Å². The van der Waals surface area contributed by atoms with Gasteiger partial charge in [0.15, 0.2) is 6.10 Å². The summed E-state index contributed by atoms with van der Waals surface area (Å²) >= 11 is 0. The largest absolute Gasteiger partial charge is 0.472 e.